The van der Waals surface area contributed by atoms with Crippen molar-refractivity contribution in [2.24, 2.45) is 11.1 Å². The summed E-state index contributed by atoms with van der Waals surface area (Å²) in [6, 6.07) is 2.94. The minimum Gasteiger partial charge on any atom is -0.467 e. The number of furan rings is 1. The molecule has 0 saturated carbocycles. The van der Waals surface area contributed by atoms with Gasteiger partial charge in [-0.1, -0.05) is 20.8 Å². The number of carbonyl (C=O) groups is 1. The highest BCUT2D eigenvalue weighted by Gasteiger charge is 2.28. The fourth-order valence-electron chi connectivity index (χ4n) is 1.31. The van der Waals surface area contributed by atoms with Crippen LogP contribution in [0.15, 0.2) is 22.8 Å². The molecule has 1 amide bonds. The normalized spacial score (nSPS) is 15.6. The zero-order valence-corrected chi connectivity index (χ0v) is 10.3. The van der Waals surface area contributed by atoms with Crippen molar-refractivity contribution in [3.63, 3.8) is 0 Å². The van der Waals surface area contributed by atoms with E-state index in [2.05, 4.69) is 5.32 Å². The average Bonchev–Trinajstić information content (AvgIpc) is 2.67. The van der Waals surface area contributed by atoms with Gasteiger partial charge in [-0.05, 0) is 24.5 Å². The molecule has 0 fully saturated rings. The Hall–Kier alpha value is -1.29. The molecule has 0 spiro atoms. The SMILES string of the molecule is C[C@H](NC(=O)C(N)C(C)(C)C)c1ccco1. The number of hydrogen-bond acceptors (Lipinski definition) is 3. The van der Waals surface area contributed by atoms with E-state index in [9.17, 15) is 4.79 Å². The first kappa shape index (κ1) is 12.8. The zero-order chi connectivity index (χ0) is 12.3. The van der Waals surface area contributed by atoms with Crippen molar-refractivity contribution in [2.45, 2.75) is 39.8 Å². The molecule has 3 N–H and O–H groups in total. The van der Waals surface area contributed by atoms with Crippen LogP contribution in [0.1, 0.15) is 39.5 Å². The van der Waals surface area contributed by atoms with Crippen molar-refractivity contribution in [1.82, 2.24) is 5.32 Å². The van der Waals surface area contributed by atoms with E-state index >= 15 is 0 Å². The zero-order valence-electron chi connectivity index (χ0n) is 10.3. The molecule has 4 nitrogen and oxygen atoms in total. The van der Waals surface area contributed by atoms with Crippen molar-refractivity contribution in [3.8, 4) is 0 Å². The van der Waals surface area contributed by atoms with E-state index in [0.717, 1.165) is 5.76 Å². The van der Waals surface area contributed by atoms with Crippen molar-refractivity contribution in [1.29, 1.82) is 0 Å². The van der Waals surface area contributed by atoms with Gasteiger partial charge in [-0.15, -0.1) is 0 Å². The second kappa shape index (κ2) is 4.70. The maximum atomic E-state index is 11.8. The Balaban J connectivity index is 2.59. The second-order valence-electron chi connectivity index (χ2n) is 5.09. The highest BCUT2D eigenvalue weighted by molar-refractivity contribution is 5.82. The molecule has 0 aliphatic carbocycles. The number of amides is 1. The number of nitrogens with two attached hydrogens (primary N) is 1. The Bertz CT molecular complexity index is 338. The monoisotopic (exact) mass is 224 g/mol. The third kappa shape index (κ3) is 3.10. The number of hydrogen-bond donors (Lipinski definition) is 2. The quantitative estimate of drug-likeness (QED) is 0.823. The minimum atomic E-state index is -0.523. The summed E-state index contributed by atoms with van der Waals surface area (Å²) in [5.74, 6) is 0.575. The molecule has 0 saturated heterocycles. The van der Waals surface area contributed by atoms with Gasteiger partial charge in [0.2, 0.25) is 5.91 Å². The van der Waals surface area contributed by atoms with Crippen molar-refractivity contribution >= 4 is 5.91 Å². The lowest BCUT2D eigenvalue weighted by molar-refractivity contribution is -0.125. The van der Waals surface area contributed by atoms with Gasteiger partial charge in [0.05, 0.1) is 18.3 Å². The molecule has 90 valence electrons. The Kier molecular flexibility index (Phi) is 3.75. The van der Waals surface area contributed by atoms with Gasteiger partial charge in [0.25, 0.3) is 0 Å². The summed E-state index contributed by atoms with van der Waals surface area (Å²) >= 11 is 0. The van der Waals surface area contributed by atoms with Crippen LogP contribution in [0.5, 0.6) is 0 Å². The molecule has 0 aromatic carbocycles. The van der Waals surface area contributed by atoms with E-state index in [4.69, 9.17) is 10.2 Å². The fraction of sp³-hybridized carbons (Fsp3) is 0.583. The van der Waals surface area contributed by atoms with Gasteiger partial charge in [-0.3, -0.25) is 4.79 Å². The first-order valence-electron chi connectivity index (χ1n) is 5.41. The van der Waals surface area contributed by atoms with Crippen LogP contribution in [0, 0.1) is 5.41 Å². The predicted octanol–water partition coefficient (Wildman–Crippen LogP) is 1.83. The fourth-order valence-corrected chi connectivity index (χ4v) is 1.31. The van der Waals surface area contributed by atoms with Crippen LogP contribution < -0.4 is 11.1 Å². The van der Waals surface area contributed by atoms with Crippen molar-refractivity contribution in [2.75, 3.05) is 0 Å². The summed E-state index contributed by atoms with van der Waals surface area (Å²) in [5, 5.41) is 2.83. The lowest BCUT2D eigenvalue weighted by Crippen LogP contribution is -2.49. The van der Waals surface area contributed by atoms with Crippen LogP contribution in [0.4, 0.5) is 0 Å². The van der Waals surface area contributed by atoms with Gasteiger partial charge >= 0.3 is 0 Å². The molecule has 0 aliphatic rings. The topological polar surface area (TPSA) is 68.3 Å². The van der Waals surface area contributed by atoms with Crippen LogP contribution in [0.3, 0.4) is 0 Å². The van der Waals surface area contributed by atoms with E-state index in [1.807, 2.05) is 33.8 Å². The molecule has 0 aliphatic heterocycles. The van der Waals surface area contributed by atoms with Crippen LogP contribution in [0.2, 0.25) is 0 Å². The Morgan fingerprint density at radius 2 is 2.12 bits per heavy atom. The highest BCUT2D eigenvalue weighted by atomic mass is 16.3. The van der Waals surface area contributed by atoms with E-state index in [-0.39, 0.29) is 17.4 Å². The van der Waals surface area contributed by atoms with Gasteiger partial charge in [0, 0.05) is 0 Å². The number of carbonyl (C=O) groups excluding carboxylic acids is 1. The predicted molar refractivity (Wildman–Crippen MR) is 62.7 cm³/mol. The molecule has 4 heteroatoms. The number of rotatable bonds is 3. The largest absolute Gasteiger partial charge is 0.467 e. The van der Waals surface area contributed by atoms with E-state index in [0.29, 0.717) is 0 Å². The van der Waals surface area contributed by atoms with Crippen LogP contribution in [0.25, 0.3) is 0 Å². The van der Waals surface area contributed by atoms with Crippen LogP contribution >= 0.6 is 0 Å². The third-order valence-electron chi connectivity index (χ3n) is 2.54. The Morgan fingerprint density at radius 1 is 1.50 bits per heavy atom. The first-order chi connectivity index (χ1) is 7.32. The molecule has 1 aromatic heterocycles. The molecule has 0 bridgehead atoms. The summed E-state index contributed by atoms with van der Waals surface area (Å²) in [4.78, 5) is 11.8. The van der Waals surface area contributed by atoms with Crippen molar-refractivity contribution < 1.29 is 9.21 Å². The Morgan fingerprint density at radius 3 is 2.56 bits per heavy atom. The molecular formula is C12H20N2O2. The van der Waals surface area contributed by atoms with Gasteiger partial charge in [-0.2, -0.15) is 0 Å². The maximum Gasteiger partial charge on any atom is 0.238 e. The smallest absolute Gasteiger partial charge is 0.238 e. The van der Waals surface area contributed by atoms with E-state index in [1.165, 1.54) is 0 Å². The van der Waals surface area contributed by atoms with E-state index < -0.39 is 6.04 Å². The van der Waals surface area contributed by atoms with Crippen LogP contribution in [-0.2, 0) is 4.79 Å². The average molecular weight is 224 g/mol. The highest BCUT2D eigenvalue weighted by Crippen LogP contribution is 2.19. The van der Waals surface area contributed by atoms with E-state index in [1.54, 1.807) is 12.3 Å². The van der Waals surface area contributed by atoms with Gasteiger partial charge in [0.15, 0.2) is 0 Å². The van der Waals surface area contributed by atoms with Crippen LogP contribution in [-0.4, -0.2) is 11.9 Å². The summed E-state index contributed by atoms with van der Waals surface area (Å²) in [5.41, 5.74) is 5.61. The number of nitrogens with one attached hydrogen (secondary N) is 1. The molecule has 16 heavy (non-hydrogen) atoms. The van der Waals surface area contributed by atoms with Gasteiger partial charge in [-0.25, -0.2) is 0 Å². The molecule has 1 heterocycles. The minimum absolute atomic E-state index is 0.156. The lowest BCUT2D eigenvalue weighted by atomic mass is 9.87. The summed E-state index contributed by atoms with van der Waals surface area (Å²) in [6.07, 6.45) is 1.58. The second-order valence-corrected chi connectivity index (χ2v) is 5.09. The summed E-state index contributed by atoms with van der Waals surface area (Å²) in [6.45, 7) is 7.69. The maximum absolute atomic E-state index is 11.8. The first-order valence-corrected chi connectivity index (χ1v) is 5.41. The standard InChI is InChI=1S/C12H20N2O2/c1-8(9-6-5-7-16-9)14-11(15)10(13)12(2,3)4/h5-8,10H,13H2,1-4H3,(H,14,15)/t8-,10?/m0/s1. The summed E-state index contributed by atoms with van der Waals surface area (Å²) < 4.78 is 5.21. The molecule has 1 aromatic rings. The summed E-state index contributed by atoms with van der Waals surface area (Å²) in [7, 11) is 0. The van der Waals surface area contributed by atoms with Gasteiger partial charge < -0.3 is 15.5 Å². The molecule has 1 rings (SSSR count). The van der Waals surface area contributed by atoms with Crippen molar-refractivity contribution in [3.05, 3.63) is 24.2 Å². The van der Waals surface area contributed by atoms with Gasteiger partial charge in [0.1, 0.15) is 5.76 Å². The Labute approximate surface area is 96.2 Å². The molecule has 0 radical (unpaired) electrons. The third-order valence-corrected chi connectivity index (χ3v) is 2.54. The lowest BCUT2D eigenvalue weighted by Gasteiger charge is -2.27. The molecular weight excluding hydrogens is 204 g/mol. The molecule has 2 atom stereocenters. The molecule has 1 unspecified atom stereocenters.